The maximum absolute atomic E-state index is 12.7. The van der Waals surface area contributed by atoms with E-state index in [4.69, 9.17) is 11.6 Å². The number of carbonyl (C=O) groups is 2. The topological polar surface area (TPSA) is 52.7 Å². The van der Waals surface area contributed by atoms with Crippen LogP contribution < -0.4 is 5.32 Å². The molecular weight excluding hydrogens is 334 g/mol. The van der Waals surface area contributed by atoms with Gasteiger partial charge in [0.1, 0.15) is 6.04 Å². The molecule has 7 heteroatoms. The van der Waals surface area contributed by atoms with E-state index < -0.39 is 6.04 Å². The fraction of sp³-hybridized carbons (Fsp3) is 0.500. The molecule has 1 heterocycles. The molecule has 2 amide bonds. The van der Waals surface area contributed by atoms with E-state index in [1.165, 1.54) is 6.92 Å². The number of hydrogen-bond acceptors (Lipinski definition) is 4. The summed E-state index contributed by atoms with van der Waals surface area (Å²) in [6.07, 6.45) is 0. The monoisotopic (exact) mass is 355 g/mol. The number of carbonyl (C=O) groups excluding carboxylic acids is 2. The Kier molecular flexibility index (Phi) is 6.74. The predicted octanol–water partition coefficient (Wildman–Crippen LogP) is 1.71. The quantitative estimate of drug-likeness (QED) is 0.817. The van der Waals surface area contributed by atoms with Gasteiger partial charge in [0.25, 0.3) is 0 Å². The zero-order valence-electron chi connectivity index (χ0n) is 13.4. The van der Waals surface area contributed by atoms with Crippen molar-refractivity contribution in [1.82, 2.24) is 15.1 Å². The first-order chi connectivity index (χ1) is 11.0. The van der Waals surface area contributed by atoms with Gasteiger partial charge in [-0.3, -0.25) is 9.59 Å². The highest BCUT2D eigenvalue weighted by molar-refractivity contribution is 7.99. The number of hydrogen-bond donors (Lipinski definition) is 1. The molecule has 0 bridgehead atoms. The van der Waals surface area contributed by atoms with Crippen LogP contribution >= 0.6 is 23.4 Å². The Balaban J connectivity index is 1.96. The first kappa shape index (κ1) is 18.1. The predicted molar refractivity (Wildman–Crippen MR) is 93.9 cm³/mol. The normalized spacial score (nSPS) is 16.9. The second-order valence-electron chi connectivity index (χ2n) is 5.65. The number of benzene rings is 1. The van der Waals surface area contributed by atoms with Crippen LogP contribution in [0, 0.1) is 0 Å². The van der Waals surface area contributed by atoms with Crippen LogP contribution in [0.25, 0.3) is 0 Å². The number of rotatable bonds is 5. The van der Waals surface area contributed by atoms with E-state index in [2.05, 4.69) is 10.2 Å². The van der Waals surface area contributed by atoms with Crippen molar-refractivity contribution in [3.63, 3.8) is 0 Å². The van der Waals surface area contributed by atoms with Gasteiger partial charge in [0.15, 0.2) is 0 Å². The zero-order chi connectivity index (χ0) is 16.8. The number of likely N-dealkylation sites (N-methyl/N-ethyl adjacent to an activating group) is 1. The summed E-state index contributed by atoms with van der Waals surface area (Å²) in [6.45, 7) is 4.58. The molecule has 1 N–H and O–H groups in total. The molecule has 23 heavy (non-hydrogen) atoms. The molecule has 1 aromatic rings. The number of amides is 2. The highest BCUT2D eigenvalue weighted by atomic mass is 35.5. The van der Waals surface area contributed by atoms with Crippen molar-refractivity contribution in [1.29, 1.82) is 0 Å². The maximum atomic E-state index is 12.7. The molecule has 1 aliphatic heterocycles. The molecular formula is C16H22ClN3O2S. The average molecular weight is 356 g/mol. The summed E-state index contributed by atoms with van der Waals surface area (Å²) in [5.74, 6) is 0.316. The Hall–Kier alpha value is -1.24. The van der Waals surface area contributed by atoms with Crippen LogP contribution in [-0.4, -0.2) is 66.6 Å². The average Bonchev–Trinajstić information content (AvgIpc) is 2.52. The highest BCUT2D eigenvalue weighted by Crippen LogP contribution is 2.21. The lowest BCUT2D eigenvalue weighted by molar-refractivity contribution is -0.136. The van der Waals surface area contributed by atoms with Crippen LogP contribution in [0.15, 0.2) is 29.2 Å². The first-order valence-corrected chi connectivity index (χ1v) is 8.95. The van der Waals surface area contributed by atoms with E-state index in [1.807, 2.05) is 36.2 Å². The summed E-state index contributed by atoms with van der Waals surface area (Å²) in [5.41, 5.74) is 0. The van der Waals surface area contributed by atoms with Gasteiger partial charge in [-0.05, 0) is 31.3 Å². The second kappa shape index (κ2) is 8.57. The van der Waals surface area contributed by atoms with Gasteiger partial charge in [-0.15, -0.1) is 11.8 Å². The van der Waals surface area contributed by atoms with Crippen LogP contribution in [0.5, 0.6) is 0 Å². The smallest absolute Gasteiger partial charge is 0.246 e. The lowest BCUT2D eigenvalue weighted by atomic mass is 10.2. The Morgan fingerprint density at radius 2 is 1.83 bits per heavy atom. The number of nitrogens with zero attached hydrogens (tertiary/aromatic N) is 2. The molecule has 0 radical (unpaired) electrons. The van der Waals surface area contributed by atoms with Gasteiger partial charge in [-0.25, -0.2) is 0 Å². The molecule has 5 nitrogen and oxygen atoms in total. The van der Waals surface area contributed by atoms with Crippen molar-refractivity contribution in [2.45, 2.75) is 17.9 Å². The Morgan fingerprint density at radius 1 is 1.22 bits per heavy atom. The minimum absolute atomic E-state index is 0.00485. The summed E-state index contributed by atoms with van der Waals surface area (Å²) in [6, 6.07) is 6.96. The van der Waals surface area contributed by atoms with Crippen LogP contribution in [-0.2, 0) is 9.59 Å². The minimum atomic E-state index is -0.503. The molecule has 0 saturated carbocycles. The van der Waals surface area contributed by atoms with Gasteiger partial charge >= 0.3 is 0 Å². The highest BCUT2D eigenvalue weighted by Gasteiger charge is 2.27. The molecule has 126 valence electrons. The molecule has 1 aliphatic rings. The van der Waals surface area contributed by atoms with E-state index in [0.717, 1.165) is 18.0 Å². The van der Waals surface area contributed by atoms with Crippen LogP contribution in [0.2, 0.25) is 5.02 Å². The first-order valence-electron chi connectivity index (χ1n) is 7.58. The number of nitrogens with one attached hydrogen (secondary N) is 1. The summed E-state index contributed by atoms with van der Waals surface area (Å²) in [4.78, 5) is 29.2. The Morgan fingerprint density at radius 3 is 2.39 bits per heavy atom. The van der Waals surface area contributed by atoms with Crippen molar-refractivity contribution in [2.75, 3.05) is 39.0 Å². The van der Waals surface area contributed by atoms with Crippen molar-refractivity contribution in [3.8, 4) is 0 Å². The fourth-order valence-electron chi connectivity index (χ4n) is 2.38. The molecule has 1 unspecified atom stereocenters. The number of thioether (sulfide) groups is 1. The lowest BCUT2D eigenvalue weighted by Crippen LogP contribution is -2.54. The third kappa shape index (κ3) is 5.71. The summed E-state index contributed by atoms with van der Waals surface area (Å²) in [7, 11) is 2.05. The fourth-order valence-corrected chi connectivity index (χ4v) is 3.42. The van der Waals surface area contributed by atoms with Crippen molar-refractivity contribution in [2.24, 2.45) is 0 Å². The van der Waals surface area contributed by atoms with Gasteiger partial charge in [-0.1, -0.05) is 11.6 Å². The summed E-state index contributed by atoms with van der Waals surface area (Å²) in [5, 5.41) is 3.46. The van der Waals surface area contributed by atoms with Crippen LogP contribution in [0.4, 0.5) is 0 Å². The SMILES string of the molecule is CC(=O)NC(CSc1ccc(Cl)cc1)C(=O)N1CCN(C)CC1. The van der Waals surface area contributed by atoms with Gasteiger partial charge in [0.2, 0.25) is 11.8 Å². The number of piperazine rings is 1. The summed E-state index contributed by atoms with van der Waals surface area (Å²) >= 11 is 7.42. The van der Waals surface area contributed by atoms with Gasteiger partial charge in [-0.2, -0.15) is 0 Å². The Labute approximate surface area is 146 Å². The Bertz CT molecular complexity index is 545. The van der Waals surface area contributed by atoms with Gasteiger partial charge in [0.05, 0.1) is 0 Å². The van der Waals surface area contributed by atoms with E-state index in [-0.39, 0.29) is 11.8 Å². The molecule has 0 aliphatic carbocycles. The molecule has 1 fully saturated rings. The third-order valence-corrected chi connectivity index (χ3v) is 5.08. The second-order valence-corrected chi connectivity index (χ2v) is 7.18. The van der Waals surface area contributed by atoms with E-state index in [1.54, 1.807) is 11.8 Å². The summed E-state index contributed by atoms with van der Waals surface area (Å²) < 4.78 is 0. The maximum Gasteiger partial charge on any atom is 0.246 e. The van der Waals surface area contributed by atoms with Crippen molar-refractivity contribution < 1.29 is 9.59 Å². The molecule has 2 rings (SSSR count). The largest absolute Gasteiger partial charge is 0.344 e. The molecule has 1 aromatic carbocycles. The minimum Gasteiger partial charge on any atom is -0.344 e. The third-order valence-electron chi connectivity index (χ3n) is 3.72. The molecule has 0 aromatic heterocycles. The van der Waals surface area contributed by atoms with E-state index in [0.29, 0.717) is 23.9 Å². The van der Waals surface area contributed by atoms with E-state index >= 15 is 0 Å². The zero-order valence-corrected chi connectivity index (χ0v) is 15.0. The molecule has 1 saturated heterocycles. The van der Waals surface area contributed by atoms with Crippen molar-refractivity contribution in [3.05, 3.63) is 29.3 Å². The van der Waals surface area contributed by atoms with E-state index in [9.17, 15) is 9.59 Å². The molecule has 1 atom stereocenters. The lowest BCUT2D eigenvalue weighted by Gasteiger charge is -2.34. The van der Waals surface area contributed by atoms with Gasteiger partial charge < -0.3 is 15.1 Å². The van der Waals surface area contributed by atoms with Crippen molar-refractivity contribution >= 4 is 35.2 Å². The van der Waals surface area contributed by atoms with Crippen LogP contribution in [0.1, 0.15) is 6.92 Å². The molecule has 0 spiro atoms. The standard InChI is InChI=1S/C16H22ClN3O2S/c1-12(21)18-15(11-23-14-5-3-13(17)4-6-14)16(22)20-9-7-19(2)8-10-20/h3-6,15H,7-11H2,1-2H3,(H,18,21). The van der Waals surface area contributed by atoms with Crippen LogP contribution in [0.3, 0.4) is 0 Å². The van der Waals surface area contributed by atoms with Gasteiger partial charge in [0, 0.05) is 48.8 Å². The number of halogens is 1.